The van der Waals surface area contributed by atoms with Crippen molar-refractivity contribution >= 4 is 42.3 Å². The molecule has 1 fully saturated rings. The van der Waals surface area contributed by atoms with Gasteiger partial charge in [0.25, 0.3) is 0 Å². The van der Waals surface area contributed by atoms with E-state index in [1.807, 2.05) is 20.8 Å². The number of halogens is 4. The smallest absolute Gasteiger partial charge is 0.227 e. The monoisotopic (exact) mass is 471 g/mol. The minimum absolute atomic E-state index is 0. The molecule has 1 heterocycles. The second kappa shape index (κ2) is 12.9. The maximum absolute atomic E-state index is 14.6. The average molecular weight is 473 g/mol. The first kappa shape index (κ1) is 28.4. The van der Waals surface area contributed by atoms with E-state index in [0.717, 1.165) is 0 Å². The van der Waals surface area contributed by atoms with Gasteiger partial charge in [-0.1, -0.05) is 31.5 Å². The second-order valence-electron chi connectivity index (χ2n) is 7.23. The predicted octanol–water partition coefficient (Wildman–Crippen LogP) is 3.97. The number of benzene rings is 1. The number of nitrogens with one attached hydrogen (secondary N) is 1. The zero-order chi connectivity index (χ0) is 20.0. The maximum atomic E-state index is 14.6. The largest absolute Gasteiger partial charge is 0.376 e. The lowest BCUT2D eigenvalue weighted by molar-refractivity contribution is -0.131. The first-order chi connectivity index (χ1) is 12.9. The molecule has 2 rings (SSSR count). The van der Waals surface area contributed by atoms with Crippen molar-refractivity contribution in [3.05, 3.63) is 34.6 Å². The number of carbonyl (C=O) groups excluding carboxylic acids is 1. The average Bonchev–Trinajstić information content (AvgIpc) is 2.66. The molecule has 2 atom stereocenters. The number of hydrogen-bond acceptors (Lipinski definition) is 4. The molecular weight excluding hydrogens is 440 g/mol. The van der Waals surface area contributed by atoms with E-state index in [-0.39, 0.29) is 61.8 Å². The summed E-state index contributed by atoms with van der Waals surface area (Å²) in [5.74, 6) is -0.453. The van der Waals surface area contributed by atoms with E-state index in [1.54, 1.807) is 12.1 Å². The van der Waals surface area contributed by atoms with Crippen molar-refractivity contribution in [2.45, 2.75) is 45.8 Å². The molecule has 0 spiro atoms. The SMILES string of the molecule is CCC(CC)(CN)C(=O)NCC(c1c(F)cccc1Cl)N1CCOC(C)C1.Cl.Cl. The molecule has 1 aromatic carbocycles. The van der Waals surface area contributed by atoms with Gasteiger partial charge in [-0.3, -0.25) is 9.69 Å². The number of amides is 1. The summed E-state index contributed by atoms with van der Waals surface area (Å²) in [5.41, 5.74) is 5.71. The van der Waals surface area contributed by atoms with Crippen LogP contribution in [0.1, 0.15) is 45.2 Å². The normalized spacial score (nSPS) is 18.3. The lowest BCUT2D eigenvalue weighted by Crippen LogP contribution is -2.50. The van der Waals surface area contributed by atoms with Crippen LogP contribution in [0.5, 0.6) is 0 Å². The van der Waals surface area contributed by atoms with Crippen LogP contribution in [-0.4, -0.2) is 49.7 Å². The molecule has 0 radical (unpaired) electrons. The lowest BCUT2D eigenvalue weighted by Gasteiger charge is -2.38. The standard InChI is InChI=1S/C20H31ClFN3O2.2ClH/c1-4-20(5-2,13-23)19(26)24-11-17(25-9-10-27-14(3)12-25)18-15(21)7-6-8-16(18)22;;/h6-8,14,17H,4-5,9-13,23H2,1-3H3,(H,24,26);2*1H. The van der Waals surface area contributed by atoms with Gasteiger partial charge in [-0.25, -0.2) is 4.39 Å². The summed E-state index contributed by atoms with van der Waals surface area (Å²) in [7, 11) is 0. The highest BCUT2D eigenvalue weighted by Gasteiger charge is 2.35. The van der Waals surface area contributed by atoms with Crippen LogP contribution >= 0.6 is 36.4 Å². The number of nitrogens with zero attached hydrogens (tertiary/aromatic N) is 1. The third-order valence-corrected chi connectivity index (χ3v) is 6.06. The summed E-state index contributed by atoms with van der Waals surface area (Å²) >= 11 is 6.34. The van der Waals surface area contributed by atoms with Gasteiger partial charge in [-0.15, -0.1) is 24.8 Å². The topological polar surface area (TPSA) is 67.6 Å². The molecule has 0 bridgehead atoms. The van der Waals surface area contributed by atoms with E-state index in [4.69, 9.17) is 22.1 Å². The van der Waals surface area contributed by atoms with Gasteiger partial charge in [0.05, 0.1) is 24.2 Å². The van der Waals surface area contributed by atoms with Crippen molar-refractivity contribution in [2.75, 3.05) is 32.8 Å². The highest BCUT2D eigenvalue weighted by Crippen LogP contribution is 2.32. The number of ether oxygens (including phenoxy) is 1. The molecule has 1 saturated heterocycles. The molecule has 0 aromatic heterocycles. The number of morpholine rings is 1. The van der Waals surface area contributed by atoms with E-state index < -0.39 is 5.41 Å². The fraction of sp³-hybridized carbons (Fsp3) is 0.650. The number of nitrogens with two attached hydrogens (primary N) is 1. The minimum Gasteiger partial charge on any atom is -0.376 e. The first-order valence-corrected chi connectivity index (χ1v) is 10.0. The van der Waals surface area contributed by atoms with Crippen LogP contribution in [0.25, 0.3) is 0 Å². The summed E-state index contributed by atoms with van der Waals surface area (Å²) in [4.78, 5) is 15.0. The molecule has 29 heavy (non-hydrogen) atoms. The Hall–Kier alpha value is -0.630. The van der Waals surface area contributed by atoms with Crippen molar-refractivity contribution in [3.8, 4) is 0 Å². The van der Waals surface area contributed by atoms with Crippen LogP contribution in [0.3, 0.4) is 0 Å². The number of hydrogen-bond donors (Lipinski definition) is 2. The van der Waals surface area contributed by atoms with Gasteiger partial charge in [-0.05, 0) is 31.9 Å². The number of rotatable bonds is 8. The summed E-state index contributed by atoms with van der Waals surface area (Å²) in [6.45, 7) is 8.33. The lowest BCUT2D eigenvalue weighted by atomic mass is 9.81. The summed E-state index contributed by atoms with van der Waals surface area (Å²) < 4.78 is 20.2. The van der Waals surface area contributed by atoms with Crippen LogP contribution in [-0.2, 0) is 9.53 Å². The highest BCUT2D eigenvalue weighted by atomic mass is 35.5. The molecule has 0 aliphatic carbocycles. The summed E-state index contributed by atoms with van der Waals surface area (Å²) in [6.07, 6.45) is 1.36. The predicted molar refractivity (Wildman–Crippen MR) is 121 cm³/mol. The molecule has 1 amide bonds. The third-order valence-electron chi connectivity index (χ3n) is 5.73. The Labute approximate surface area is 190 Å². The van der Waals surface area contributed by atoms with Gasteiger partial charge in [-0.2, -0.15) is 0 Å². The second-order valence-corrected chi connectivity index (χ2v) is 7.64. The summed E-state index contributed by atoms with van der Waals surface area (Å²) in [6, 6.07) is 4.31. The Balaban J connectivity index is 0.00000392. The number of carbonyl (C=O) groups is 1. The van der Waals surface area contributed by atoms with Crippen LogP contribution in [0.15, 0.2) is 18.2 Å². The van der Waals surface area contributed by atoms with Crippen molar-refractivity contribution < 1.29 is 13.9 Å². The van der Waals surface area contributed by atoms with Crippen LogP contribution in [0, 0.1) is 11.2 Å². The zero-order valence-electron chi connectivity index (χ0n) is 17.2. The molecule has 0 saturated carbocycles. The van der Waals surface area contributed by atoms with Crippen molar-refractivity contribution in [1.82, 2.24) is 10.2 Å². The fourth-order valence-corrected chi connectivity index (χ4v) is 3.99. The van der Waals surface area contributed by atoms with Gasteiger partial charge >= 0.3 is 0 Å². The Morgan fingerprint density at radius 2 is 2.07 bits per heavy atom. The van der Waals surface area contributed by atoms with Crippen LogP contribution in [0.2, 0.25) is 5.02 Å². The molecule has 5 nitrogen and oxygen atoms in total. The fourth-order valence-electron chi connectivity index (χ4n) is 3.70. The van der Waals surface area contributed by atoms with Crippen LogP contribution < -0.4 is 11.1 Å². The van der Waals surface area contributed by atoms with E-state index in [0.29, 0.717) is 43.1 Å². The minimum atomic E-state index is -0.595. The maximum Gasteiger partial charge on any atom is 0.227 e. The molecule has 1 aliphatic heterocycles. The molecule has 168 valence electrons. The van der Waals surface area contributed by atoms with Gasteiger partial charge in [0.2, 0.25) is 5.91 Å². The molecular formula is C20H33Cl3FN3O2. The Morgan fingerprint density at radius 1 is 1.41 bits per heavy atom. The van der Waals surface area contributed by atoms with E-state index in [2.05, 4.69) is 10.2 Å². The highest BCUT2D eigenvalue weighted by molar-refractivity contribution is 6.31. The molecule has 9 heteroatoms. The third kappa shape index (κ3) is 6.68. The van der Waals surface area contributed by atoms with Crippen LogP contribution in [0.4, 0.5) is 4.39 Å². The van der Waals surface area contributed by atoms with Gasteiger partial charge in [0.15, 0.2) is 0 Å². The molecule has 2 unspecified atom stereocenters. The van der Waals surface area contributed by atoms with Gasteiger partial charge in [0.1, 0.15) is 5.82 Å². The van der Waals surface area contributed by atoms with Crippen molar-refractivity contribution in [1.29, 1.82) is 0 Å². The Kier molecular flexibility index (Phi) is 12.6. The van der Waals surface area contributed by atoms with Gasteiger partial charge < -0.3 is 15.8 Å². The van der Waals surface area contributed by atoms with E-state index in [1.165, 1.54) is 6.07 Å². The Morgan fingerprint density at radius 3 is 2.59 bits per heavy atom. The molecule has 3 N–H and O–H groups in total. The van der Waals surface area contributed by atoms with E-state index in [9.17, 15) is 9.18 Å². The van der Waals surface area contributed by atoms with E-state index >= 15 is 0 Å². The zero-order valence-corrected chi connectivity index (χ0v) is 19.6. The quantitative estimate of drug-likeness (QED) is 0.601. The van der Waals surface area contributed by atoms with Crippen molar-refractivity contribution in [3.63, 3.8) is 0 Å². The summed E-state index contributed by atoms with van der Waals surface area (Å²) in [5, 5.41) is 3.38. The molecule has 1 aliphatic rings. The van der Waals surface area contributed by atoms with Gasteiger partial charge in [0, 0.05) is 36.8 Å². The Bertz CT molecular complexity index is 619. The van der Waals surface area contributed by atoms with Crippen molar-refractivity contribution in [2.24, 2.45) is 11.1 Å². The first-order valence-electron chi connectivity index (χ1n) is 9.66. The molecule has 1 aromatic rings.